The number of ether oxygens (including phenoxy) is 1. The fourth-order valence-electron chi connectivity index (χ4n) is 1.92. The molecule has 0 aliphatic carbocycles. The van der Waals surface area contributed by atoms with Crippen LogP contribution in [0.2, 0.25) is 0 Å². The Balaban J connectivity index is 2.45. The summed E-state index contributed by atoms with van der Waals surface area (Å²) in [5, 5.41) is 5.23. The number of aromatic nitrogens is 2. The van der Waals surface area contributed by atoms with Crippen LogP contribution in [-0.2, 0) is 18.4 Å². The van der Waals surface area contributed by atoms with E-state index in [4.69, 9.17) is 4.74 Å². The number of nitrogens with zero attached hydrogens (tertiary/aromatic N) is 3. The van der Waals surface area contributed by atoms with Gasteiger partial charge in [0, 0.05) is 12.6 Å². The van der Waals surface area contributed by atoms with E-state index in [-0.39, 0.29) is 4.75 Å². The molecule has 0 fully saturated rings. The van der Waals surface area contributed by atoms with E-state index in [1.165, 1.54) is 0 Å². The minimum absolute atomic E-state index is 0.364. The van der Waals surface area contributed by atoms with E-state index in [2.05, 4.69) is 9.50 Å². The SMILES string of the molecule is COc1nn(C)c2ccc(/C(C)=N\[S@+]([O-])C(C)(C)C)cc12. The van der Waals surface area contributed by atoms with Gasteiger partial charge in [0.05, 0.1) is 23.7 Å². The van der Waals surface area contributed by atoms with Gasteiger partial charge in [0.1, 0.15) is 16.1 Å². The summed E-state index contributed by atoms with van der Waals surface area (Å²) >= 11 is -1.27. The standard InChI is InChI=1S/C15H21N3O2S/c1-10(17-21(19)15(2,3)4)11-7-8-13-12(9-11)14(20-6)16-18(13)5/h7-9H,1-6H3/b17-10-/t21-/m1/s1. The smallest absolute Gasteiger partial charge is 0.240 e. The molecular weight excluding hydrogens is 286 g/mol. The van der Waals surface area contributed by atoms with Crippen molar-refractivity contribution in [3.05, 3.63) is 23.8 Å². The third-order valence-corrected chi connectivity index (χ3v) is 4.66. The van der Waals surface area contributed by atoms with Crippen molar-refractivity contribution in [1.82, 2.24) is 9.78 Å². The molecule has 5 nitrogen and oxygen atoms in total. The van der Waals surface area contributed by atoms with Gasteiger partial charge in [-0.25, -0.2) is 0 Å². The van der Waals surface area contributed by atoms with Gasteiger partial charge >= 0.3 is 0 Å². The molecule has 0 unspecified atom stereocenters. The van der Waals surface area contributed by atoms with Crippen LogP contribution in [0.15, 0.2) is 22.6 Å². The Morgan fingerprint density at radius 3 is 2.62 bits per heavy atom. The second kappa shape index (κ2) is 5.69. The quantitative estimate of drug-likeness (QED) is 0.647. The van der Waals surface area contributed by atoms with Crippen molar-refractivity contribution in [3.8, 4) is 5.88 Å². The van der Waals surface area contributed by atoms with E-state index in [1.54, 1.807) is 11.8 Å². The van der Waals surface area contributed by atoms with Crippen LogP contribution in [0, 0.1) is 0 Å². The maximum Gasteiger partial charge on any atom is 0.240 e. The summed E-state index contributed by atoms with van der Waals surface area (Å²) in [7, 11) is 3.48. The molecule has 2 aromatic rings. The first-order chi connectivity index (χ1) is 9.74. The Morgan fingerprint density at radius 2 is 2.05 bits per heavy atom. The summed E-state index contributed by atoms with van der Waals surface area (Å²) in [6.07, 6.45) is 0. The maximum absolute atomic E-state index is 12.1. The Hall–Kier alpha value is -1.53. The summed E-state index contributed by atoms with van der Waals surface area (Å²) in [4.78, 5) is 0. The van der Waals surface area contributed by atoms with Gasteiger partial charge in [-0.05, 0) is 39.8 Å². The molecular formula is C15H21N3O2S. The van der Waals surface area contributed by atoms with Crippen LogP contribution in [0.5, 0.6) is 5.88 Å². The largest absolute Gasteiger partial charge is 0.591 e. The number of rotatable bonds is 3. The van der Waals surface area contributed by atoms with Gasteiger partial charge in [0.15, 0.2) is 0 Å². The molecule has 114 valence electrons. The molecule has 0 aliphatic rings. The number of fused-ring (bicyclic) bond motifs is 1. The van der Waals surface area contributed by atoms with E-state index >= 15 is 0 Å². The lowest BCUT2D eigenvalue weighted by Crippen LogP contribution is -2.26. The van der Waals surface area contributed by atoms with Crippen molar-refractivity contribution in [2.24, 2.45) is 11.4 Å². The van der Waals surface area contributed by atoms with Crippen LogP contribution >= 0.6 is 0 Å². The third kappa shape index (κ3) is 3.22. The van der Waals surface area contributed by atoms with Crippen molar-refractivity contribution >= 4 is 28.0 Å². The molecule has 0 bridgehead atoms. The number of methoxy groups -OCH3 is 1. The molecule has 21 heavy (non-hydrogen) atoms. The number of hydrogen-bond acceptors (Lipinski definition) is 4. The Labute approximate surface area is 128 Å². The summed E-state index contributed by atoms with van der Waals surface area (Å²) in [6.45, 7) is 7.60. The Bertz CT molecular complexity index is 686. The fraction of sp³-hybridized carbons (Fsp3) is 0.467. The van der Waals surface area contributed by atoms with E-state index in [0.29, 0.717) is 5.88 Å². The molecule has 1 aromatic carbocycles. The monoisotopic (exact) mass is 307 g/mol. The predicted molar refractivity (Wildman–Crippen MR) is 87.4 cm³/mol. The highest BCUT2D eigenvalue weighted by atomic mass is 32.2. The number of benzene rings is 1. The van der Waals surface area contributed by atoms with Crippen molar-refractivity contribution < 1.29 is 9.29 Å². The predicted octanol–water partition coefficient (Wildman–Crippen LogP) is 2.85. The highest BCUT2D eigenvalue weighted by Gasteiger charge is 2.26. The van der Waals surface area contributed by atoms with Crippen LogP contribution in [0.4, 0.5) is 0 Å². The molecule has 1 heterocycles. The van der Waals surface area contributed by atoms with Crippen molar-refractivity contribution in [3.63, 3.8) is 0 Å². The van der Waals surface area contributed by atoms with Gasteiger partial charge in [0.2, 0.25) is 5.88 Å². The molecule has 0 aliphatic heterocycles. The molecule has 0 saturated carbocycles. The van der Waals surface area contributed by atoms with E-state index in [0.717, 1.165) is 22.2 Å². The Morgan fingerprint density at radius 1 is 1.38 bits per heavy atom. The molecule has 6 heteroatoms. The molecule has 1 atom stereocenters. The Kier molecular flexibility index (Phi) is 4.30. The van der Waals surface area contributed by atoms with Gasteiger partial charge in [-0.2, -0.15) is 0 Å². The zero-order valence-electron chi connectivity index (χ0n) is 13.3. The van der Waals surface area contributed by atoms with Crippen molar-refractivity contribution in [2.75, 3.05) is 7.11 Å². The molecule has 0 N–H and O–H groups in total. The molecule has 0 amide bonds. The first-order valence-corrected chi connectivity index (χ1v) is 7.83. The number of aryl methyl sites for hydroxylation is 1. The van der Waals surface area contributed by atoms with Crippen LogP contribution in [0.25, 0.3) is 10.9 Å². The second-order valence-corrected chi connectivity index (χ2v) is 7.81. The summed E-state index contributed by atoms with van der Waals surface area (Å²) in [5.74, 6) is 0.582. The lowest BCUT2D eigenvalue weighted by atomic mass is 10.1. The van der Waals surface area contributed by atoms with Crippen LogP contribution in [0.1, 0.15) is 33.3 Å². The minimum Gasteiger partial charge on any atom is -0.591 e. The summed E-state index contributed by atoms with van der Waals surface area (Å²) in [6, 6.07) is 5.90. The first-order valence-electron chi connectivity index (χ1n) is 6.72. The summed E-state index contributed by atoms with van der Waals surface area (Å²) in [5.41, 5.74) is 2.66. The minimum atomic E-state index is -1.27. The average Bonchev–Trinajstić information content (AvgIpc) is 2.73. The number of hydrogen-bond donors (Lipinski definition) is 0. The topological polar surface area (TPSA) is 62.5 Å². The summed E-state index contributed by atoms with van der Waals surface area (Å²) < 4.78 is 23.1. The molecule has 0 radical (unpaired) electrons. The van der Waals surface area contributed by atoms with Gasteiger partial charge in [-0.15, -0.1) is 5.10 Å². The highest BCUT2D eigenvalue weighted by molar-refractivity contribution is 7.91. The van der Waals surface area contributed by atoms with Crippen LogP contribution in [-0.4, -0.2) is 31.9 Å². The van der Waals surface area contributed by atoms with Crippen molar-refractivity contribution in [1.29, 1.82) is 0 Å². The highest BCUT2D eigenvalue weighted by Crippen LogP contribution is 2.26. The average molecular weight is 307 g/mol. The van der Waals surface area contributed by atoms with Crippen LogP contribution < -0.4 is 4.74 Å². The normalized spacial score (nSPS) is 14.5. The van der Waals surface area contributed by atoms with E-state index in [1.807, 2.05) is 52.9 Å². The zero-order chi connectivity index (χ0) is 15.8. The van der Waals surface area contributed by atoms with Crippen molar-refractivity contribution in [2.45, 2.75) is 32.4 Å². The van der Waals surface area contributed by atoms with E-state index in [9.17, 15) is 4.55 Å². The van der Waals surface area contributed by atoms with Gasteiger partial charge < -0.3 is 9.29 Å². The third-order valence-electron chi connectivity index (χ3n) is 3.17. The molecule has 2 rings (SSSR count). The zero-order valence-corrected chi connectivity index (χ0v) is 14.1. The lowest BCUT2D eigenvalue weighted by Gasteiger charge is -2.18. The first kappa shape index (κ1) is 15.9. The molecule has 1 aromatic heterocycles. The van der Waals surface area contributed by atoms with Gasteiger partial charge in [0.25, 0.3) is 0 Å². The van der Waals surface area contributed by atoms with E-state index < -0.39 is 11.4 Å². The molecule has 0 spiro atoms. The van der Waals surface area contributed by atoms with Crippen LogP contribution in [0.3, 0.4) is 0 Å². The fourth-order valence-corrected chi connectivity index (χ4v) is 2.55. The van der Waals surface area contributed by atoms with Gasteiger partial charge in [-0.3, -0.25) is 4.68 Å². The molecule has 0 saturated heterocycles. The van der Waals surface area contributed by atoms with Gasteiger partial charge in [-0.1, -0.05) is 10.5 Å². The second-order valence-electron chi connectivity index (χ2n) is 5.90. The maximum atomic E-state index is 12.1. The lowest BCUT2D eigenvalue weighted by molar-refractivity contribution is 0.396.